The van der Waals surface area contributed by atoms with Crippen LogP contribution in [-0.4, -0.2) is 48.1 Å². The zero-order chi connectivity index (χ0) is 17.1. The van der Waals surface area contributed by atoms with E-state index in [2.05, 4.69) is 25.8 Å². The Hall–Kier alpha value is -1.60. The molecule has 0 aliphatic carbocycles. The highest BCUT2D eigenvalue weighted by Gasteiger charge is 2.27. The molecule has 1 saturated heterocycles. The van der Waals surface area contributed by atoms with E-state index in [0.717, 1.165) is 28.3 Å². The summed E-state index contributed by atoms with van der Waals surface area (Å²) >= 11 is 5.12. The van der Waals surface area contributed by atoms with E-state index in [4.69, 9.17) is 4.74 Å². The summed E-state index contributed by atoms with van der Waals surface area (Å²) in [6.07, 6.45) is 1.31. The van der Waals surface area contributed by atoms with Crippen LogP contribution in [0.1, 0.15) is 12.5 Å². The maximum absolute atomic E-state index is 12.6. The summed E-state index contributed by atoms with van der Waals surface area (Å²) in [6, 6.07) is 5.85. The van der Waals surface area contributed by atoms with Gasteiger partial charge in [-0.15, -0.1) is 11.3 Å². The highest BCUT2D eigenvalue weighted by Crippen LogP contribution is 2.27. The maximum Gasteiger partial charge on any atom is 0.263 e. The minimum atomic E-state index is -0.504. The number of ether oxygens (including phenoxy) is 1. The summed E-state index contributed by atoms with van der Waals surface area (Å²) in [4.78, 5) is 21.0. The standard InChI is InChI=1S/C17H20BrN3O2S/c1-12-3-4-15(14(18)11-12)23-13(2)16(22)20-6-8-21(9-7-20)17-19-5-10-24-17/h3-5,10-11,13H,6-9H2,1-2H3. The zero-order valence-corrected chi connectivity index (χ0v) is 16.1. The van der Waals surface area contributed by atoms with E-state index in [0.29, 0.717) is 18.8 Å². The number of rotatable bonds is 4. The maximum atomic E-state index is 12.6. The molecular weight excluding hydrogens is 390 g/mol. The Kier molecular flexibility index (Phi) is 5.40. The second-order valence-corrected chi connectivity index (χ2v) is 7.55. The van der Waals surface area contributed by atoms with Gasteiger partial charge in [0.15, 0.2) is 11.2 Å². The monoisotopic (exact) mass is 409 g/mol. The lowest BCUT2D eigenvalue weighted by Crippen LogP contribution is -2.52. The van der Waals surface area contributed by atoms with Crippen LogP contribution in [0.2, 0.25) is 0 Å². The Morgan fingerprint density at radius 2 is 2.08 bits per heavy atom. The fourth-order valence-electron chi connectivity index (χ4n) is 2.69. The van der Waals surface area contributed by atoms with Crippen molar-refractivity contribution in [3.8, 4) is 5.75 Å². The highest BCUT2D eigenvalue weighted by molar-refractivity contribution is 9.10. The molecule has 0 saturated carbocycles. The van der Waals surface area contributed by atoms with Crippen molar-refractivity contribution in [3.63, 3.8) is 0 Å². The average Bonchev–Trinajstić information content (AvgIpc) is 3.11. The number of benzene rings is 1. The molecule has 128 valence electrons. The molecule has 1 amide bonds. The molecule has 0 spiro atoms. The summed E-state index contributed by atoms with van der Waals surface area (Å²) in [5, 5.41) is 3.00. The van der Waals surface area contributed by atoms with Gasteiger partial charge in [-0.25, -0.2) is 4.98 Å². The van der Waals surface area contributed by atoms with Crippen molar-refractivity contribution >= 4 is 38.3 Å². The summed E-state index contributed by atoms with van der Waals surface area (Å²) in [7, 11) is 0. The number of halogens is 1. The number of thiazole rings is 1. The Morgan fingerprint density at radius 1 is 1.33 bits per heavy atom. The van der Waals surface area contributed by atoms with E-state index in [9.17, 15) is 4.79 Å². The van der Waals surface area contributed by atoms with Crippen LogP contribution in [0, 0.1) is 6.92 Å². The molecule has 24 heavy (non-hydrogen) atoms. The van der Waals surface area contributed by atoms with Crippen molar-refractivity contribution in [2.45, 2.75) is 20.0 Å². The molecule has 1 aliphatic heterocycles. The quantitative estimate of drug-likeness (QED) is 0.776. The summed E-state index contributed by atoms with van der Waals surface area (Å²) in [5.41, 5.74) is 1.14. The molecule has 2 heterocycles. The molecule has 1 unspecified atom stereocenters. The van der Waals surface area contributed by atoms with Crippen LogP contribution < -0.4 is 9.64 Å². The molecule has 2 aromatic rings. The van der Waals surface area contributed by atoms with Gasteiger partial charge in [0.05, 0.1) is 4.47 Å². The number of amides is 1. The van der Waals surface area contributed by atoms with Crippen LogP contribution in [0.15, 0.2) is 34.2 Å². The molecule has 1 atom stereocenters. The number of nitrogens with zero attached hydrogens (tertiary/aromatic N) is 3. The predicted molar refractivity (Wildman–Crippen MR) is 99.9 cm³/mol. The minimum Gasteiger partial charge on any atom is -0.480 e. The van der Waals surface area contributed by atoms with E-state index < -0.39 is 6.10 Å². The van der Waals surface area contributed by atoms with Crippen LogP contribution in [0.4, 0.5) is 5.13 Å². The third-order valence-electron chi connectivity index (χ3n) is 4.02. The van der Waals surface area contributed by atoms with Gasteiger partial charge in [0, 0.05) is 37.8 Å². The number of aryl methyl sites for hydroxylation is 1. The summed E-state index contributed by atoms with van der Waals surface area (Å²) < 4.78 is 6.72. The first-order valence-corrected chi connectivity index (χ1v) is 9.58. The van der Waals surface area contributed by atoms with E-state index in [-0.39, 0.29) is 5.91 Å². The third kappa shape index (κ3) is 3.89. The molecule has 3 rings (SSSR count). The van der Waals surface area contributed by atoms with Crippen LogP contribution in [0.25, 0.3) is 0 Å². The lowest BCUT2D eigenvalue weighted by molar-refractivity contribution is -0.138. The number of anilines is 1. The van der Waals surface area contributed by atoms with Gasteiger partial charge in [-0.2, -0.15) is 0 Å². The zero-order valence-electron chi connectivity index (χ0n) is 13.7. The SMILES string of the molecule is Cc1ccc(OC(C)C(=O)N2CCN(c3nccs3)CC2)c(Br)c1. The van der Waals surface area contributed by atoms with Crippen molar-refractivity contribution in [2.75, 3.05) is 31.1 Å². The van der Waals surface area contributed by atoms with Gasteiger partial charge in [-0.3, -0.25) is 4.79 Å². The molecule has 1 fully saturated rings. The van der Waals surface area contributed by atoms with Crippen molar-refractivity contribution in [3.05, 3.63) is 39.8 Å². The number of piperazine rings is 1. The molecule has 1 aromatic heterocycles. The lowest BCUT2D eigenvalue weighted by atomic mass is 10.2. The number of carbonyl (C=O) groups is 1. The molecule has 0 N–H and O–H groups in total. The fraction of sp³-hybridized carbons (Fsp3) is 0.412. The van der Waals surface area contributed by atoms with Crippen molar-refractivity contribution in [1.29, 1.82) is 0 Å². The molecule has 1 aliphatic rings. The van der Waals surface area contributed by atoms with Gasteiger partial charge in [-0.1, -0.05) is 6.07 Å². The van der Waals surface area contributed by atoms with Crippen LogP contribution in [0.3, 0.4) is 0 Å². The second kappa shape index (κ2) is 7.53. The molecule has 0 radical (unpaired) electrons. The first-order valence-electron chi connectivity index (χ1n) is 7.90. The summed E-state index contributed by atoms with van der Waals surface area (Å²) in [6.45, 7) is 6.83. The van der Waals surface area contributed by atoms with Gasteiger partial charge in [0.2, 0.25) is 0 Å². The Morgan fingerprint density at radius 3 is 2.71 bits per heavy atom. The number of hydrogen-bond donors (Lipinski definition) is 0. The van der Waals surface area contributed by atoms with Crippen molar-refractivity contribution in [2.24, 2.45) is 0 Å². The largest absolute Gasteiger partial charge is 0.480 e. The second-order valence-electron chi connectivity index (χ2n) is 5.82. The minimum absolute atomic E-state index is 0.0289. The van der Waals surface area contributed by atoms with E-state index in [1.165, 1.54) is 0 Å². The normalized spacial score (nSPS) is 16.1. The van der Waals surface area contributed by atoms with Gasteiger partial charge in [-0.05, 0) is 47.5 Å². The van der Waals surface area contributed by atoms with Gasteiger partial charge < -0.3 is 14.5 Å². The predicted octanol–water partition coefficient (Wildman–Crippen LogP) is 3.33. The van der Waals surface area contributed by atoms with Crippen LogP contribution in [-0.2, 0) is 4.79 Å². The molecule has 5 nitrogen and oxygen atoms in total. The van der Waals surface area contributed by atoms with Gasteiger partial charge >= 0.3 is 0 Å². The number of carbonyl (C=O) groups excluding carboxylic acids is 1. The Bertz CT molecular complexity index is 700. The van der Waals surface area contributed by atoms with Crippen LogP contribution in [0.5, 0.6) is 5.75 Å². The molecular formula is C17H20BrN3O2S. The Balaban J connectivity index is 1.56. The lowest BCUT2D eigenvalue weighted by Gasteiger charge is -2.35. The first kappa shape index (κ1) is 17.2. The van der Waals surface area contributed by atoms with Crippen molar-refractivity contribution < 1.29 is 9.53 Å². The first-order chi connectivity index (χ1) is 11.5. The smallest absolute Gasteiger partial charge is 0.263 e. The van der Waals surface area contributed by atoms with E-state index in [1.54, 1.807) is 11.3 Å². The topological polar surface area (TPSA) is 45.7 Å². The van der Waals surface area contributed by atoms with Crippen LogP contribution >= 0.6 is 27.3 Å². The highest BCUT2D eigenvalue weighted by atomic mass is 79.9. The summed E-state index contributed by atoms with van der Waals surface area (Å²) in [5.74, 6) is 0.726. The molecule has 1 aromatic carbocycles. The number of hydrogen-bond acceptors (Lipinski definition) is 5. The van der Waals surface area contributed by atoms with Gasteiger partial charge in [0.1, 0.15) is 5.75 Å². The Labute approximate surface area is 154 Å². The van der Waals surface area contributed by atoms with Crippen molar-refractivity contribution in [1.82, 2.24) is 9.88 Å². The molecule has 0 bridgehead atoms. The fourth-order valence-corrected chi connectivity index (χ4v) is 3.97. The number of aromatic nitrogens is 1. The third-order valence-corrected chi connectivity index (χ3v) is 5.47. The van der Waals surface area contributed by atoms with E-state index >= 15 is 0 Å². The van der Waals surface area contributed by atoms with Gasteiger partial charge in [0.25, 0.3) is 5.91 Å². The van der Waals surface area contributed by atoms with E-state index in [1.807, 2.05) is 48.5 Å². The average molecular weight is 410 g/mol. The molecule has 7 heteroatoms.